The minimum Gasteiger partial charge on any atom is -0.248 e. The maximum Gasteiger partial charge on any atom is 0.361 e. The van der Waals surface area contributed by atoms with Crippen molar-refractivity contribution in [3.63, 3.8) is 0 Å². The average Bonchev–Trinajstić information content (AvgIpc) is 2.63. The third kappa shape index (κ3) is 0.956. The summed E-state index contributed by atoms with van der Waals surface area (Å²) in [7, 11) is 0. The lowest BCUT2D eigenvalue weighted by atomic mass is 10.1. The molecule has 1 aliphatic carbocycles. The zero-order chi connectivity index (χ0) is 10.3. The van der Waals surface area contributed by atoms with E-state index in [-0.39, 0.29) is 0 Å². The summed E-state index contributed by atoms with van der Waals surface area (Å²) >= 11 is 0. The molecule has 0 saturated carbocycles. The lowest BCUT2D eigenvalue weighted by Crippen LogP contribution is -2.08. The molecule has 68 valence electrons. The molecule has 0 atom stereocenters. The van der Waals surface area contributed by atoms with Gasteiger partial charge in [0, 0.05) is 23.4 Å². The van der Waals surface area contributed by atoms with E-state index >= 15 is 0 Å². The van der Waals surface area contributed by atoms with Gasteiger partial charge >= 0.3 is 5.71 Å². The van der Waals surface area contributed by atoms with E-state index < -0.39 is 0 Å². The summed E-state index contributed by atoms with van der Waals surface area (Å²) in [5, 5.41) is 0. The van der Waals surface area contributed by atoms with Gasteiger partial charge in [-0.05, 0) is 18.2 Å². The van der Waals surface area contributed by atoms with Crippen molar-refractivity contribution in [2.75, 3.05) is 0 Å². The quantitative estimate of drug-likeness (QED) is 0.443. The second-order valence-electron chi connectivity index (χ2n) is 3.32. The lowest BCUT2D eigenvalue weighted by molar-refractivity contribution is 1.28. The monoisotopic (exact) mass is 191 g/mol. The van der Waals surface area contributed by atoms with Crippen molar-refractivity contribution in [3.8, 4) is 12.3 Å². The van der Waals surface area contributed by atoms with E-state index in [1.54, 1.807) is 12.4 Å². The first kappa shape index (κ1) is 7.99. The average molecular weight is 191 g/mol. The van der Waals surface area contributed by atoms with E-state index in [4.69, 9.17) is 6.42 Å². The topological polar surface area (TPSA) is 27.0 Å². The number of nitrogens with zero attached hydrogens (tertiary/aromatic N) is 2. The maximum atomic E-state index is 5.52. The van der Waals surface area contributed by atoms with Gasteiger partial charge in [-0.2, -0.15) is 0 Å². The molecule has 2 aliphatic rings. The molecule has 0 bridgehead atoms. The van der Waals surface area contributed by atoms with Crippen molar-refractivity contribution in [1.29, 1.82) is 0 Å². The Hall–Kier alpha value is -2.36. The predicted octanol–water partition coefficient (Wildman–Crippen LogP) is 0.979. The van der Waals surface area contributed by atoms with Gasteiger partial charge in [0.25, 0.3) is 6.21 Å². The molecule has 0 unspecified atom stereocenters. The van der Waals surface area contributed by atoms with Crippen molar-refractivity contribution >= 4 is 17.5 Å². The fourth-order valence-corrected chi connectivity index (χ4v) is 1.89. The highest BCUT2D eigenvalue weighted by Gasteiger charge is 2.34. The Balaban J connectivity index is 2.44. The third-order valence-electron chi connectivity index (χ3n) is 2.52. The highest BCUT2D eigenvalue weighted by atomic mass is 14.7. The first-order valence-corrected chi connectivity index (χ1v) is 4.66. The minimum atomic E-state index is 0.890. The summed E-state index contributed by atoms with van der Waals surface area (Å²) in [5.41, 5.74) is 4.69. The standard InChI is InChI=1S/C13H7N2/c1-2-9-10-5-3-7-14-12(10)13-11(9)6-4-8-15-13/h1,3-8H/q+1. The summed E-state index contributed by atoms with van der Waals surface area (Å²) < 4.78 is 4.32. The highest BCUT2D eigenvalue weighted by molar-refractivity contribution is 6.27. The molecule has 0 radical (unpaired) electrons. The Morgan fingerprint density at radius 2 is 2.33 bits per heavy atom. The largest absolute Gasteiger partial charge is 0.361 e. The number of allylic oxidation sites excluding steroid dienone is 4. The van der Waals surface area contributed by atoms with Crippen LogP contribution in [0.1, 0.15) is 11.3 Å². The second-order valence-corrected chi connectivity index (χ2v) is 3.32. The van der Waals surface area contributed by atoms with Crippen LogP contribution in [-0.4, -0.2) is 16.9 Å². The number of hydrogen-bond donors (Lipinski definition) is 0. The van der Waals surface area contributed by atoms with Crippen LogP contribution in [0.4, 0.5) is 0 Å². The maximum absolute atomic E-state index is 5.52. The summed E-state index contributed by atoms with van der Waals surface area (Å²) in [5.74, 6) is 2.71. The molecular weight excluding hydrogens is 184 g/mol. The van der Waals surface area contributed by atoms with E-state index in [9.17, 15) is 0 Å². The Morgan fingerprint density at radius 3 is 3.20 bits per heavy atom. The van der Waals surface area contributed by atoms with E-state index in [1.165, 1.54) is 0 Å². The molecule has 2 nitrogen and oxygen atoms in total. The molecule has 0 fully saturated rings. The number of hydrogen-bond acceptors (Lipinski definition) is 1. The Labute approximate surface area is 87.4 Å². The predicted molar refractivity (Wildman–Crippen MR) is 61.4 cm³/mol. The molecule has 0 N–H and O–H groups in total. The van der Waals surface area contributed by atoms with Gasteiger partial charge in [0.05, 0.1) is 5.57 Å². The Kier molecular flexibility index (Phi) is 1.50. The molecule has 0 spiro atoms. The number of terminal acetylenes is 1. The molecule has 2 heterocycles. The van der Waals surface area contributed by atoms with E-state index in [1.807, 2.05) is 24.3 Å². The smallest absolute Gasteiger partial charge is 0.248 e. The fourth-order valence-electron chi connectivity index (χ4n) is 1.89. The number of rotatable bonds is 0. The van der Waals surface area contributed by atoms with E-state index in [0.29, 0.717) is 0 Å². The van der Waals surface area contributed by atoms with Crippen molar-refractivity contribution in [3.05, 3.63) is 47.3 Å². The molecule has 1 aromatic heterocycles. The first-order valence-electron chi connectivity index (χ1n) is 4.66. The summed E-state index contributed by atoms with van der Waals surface area (Å²) in [6.45, 7) is 0. The van der Waals surface area contributed by atoms with Crippen molar-refractivity contribution < 1.29 is 0 Å². The van der Waals surface area contributed by atoms with E-state index in [2.05, 4.69) is 15.6 Å². The summed E-state index contributed by atoms with van der Waals surface area (Å²) in [6.07, 6.45) is 12.9. The van der Waals surface area contributed by atoms with Crippen LogP contribution in [0.5, 0.6) is 0 Å². The molecular formula is C13H7N2+. The molecule has 1 aromatic rings. The van der Waals surface area contributed by atoms with Gasteiger partial charge in [0.15, 0.2) is 5.69 Å². The summed E-state index contributed by atoms with van der Waals surface area (Å²) in [6, 6.07) is 3.88. The number of aromatic nitrogens is 1. The van der Waals surface area contributed by atoms with Crippen molar-refractivity contribution in [2.45, 2.75) is 0 Å². The van der Waals surface area contributed by atoms with Gasteiger partial charge in [-0.1, -0.05) is 10.6 Å². The van der Waals surface area contributed by atoms with Gasteiger partial charge in [0.2, 0.25) is 0 Å². The van der Waals surface area contributed by atoms with Gasteiger partial charge in [-0.25, -0.2) is 4.98 Å². The van der Waals surface area contributed by atoms with Gasteiger partial charge in [0.1, 0.15) is 0 Å². The fraction of sp³-hybridized carbons (Fsp3) is 0. The second kappa shape index (κ2) is 2.81. The third-order valence-corrected chi connectivity index (χ3v) is 2.52. The Morgan fingerprint density at radius 1 is 1.40 bits per heavy atom. The first-order chi connectivity index (χ1) is 7.42. The Bertz CT molecular complexity index is 618. The molecule has 0 aromatic carbocycles. The lowest BCUT2D eigenvalue weighted by Gasteiger charge is -1.93. The van der Waals surface area contributed by atoms with Crippen LogP contribution in [0.2, 0.25) is 0 Å². The van der Waals surface area contributed by atoms with Crippen molar-refractivity contribution in [1.82, 2.24) is 9.65 Å². The van der Waals surface area contributed by atoms with Crippen LogP contribution in [0, 0.1) is 12.3 Å². The van der Waals surface area contributed by atoms with Crippen LogP contribution < -0.4 is 4.67 Å². The molecule has 0 amide bonds. The van der Waals surface area contributed by atoms with Gasteiger partial charge in [-0.15, -0.1) is 6.42 Å². The van der Waals surface area contributed by atoms with Crippen LogP contribution in [0.15, 0.2) is 36.1 Å². The van der Waals surface area contributed by atoms with Gasteiger partial charge in [-0.3, -0.25) is 0 Å². The van der Waals surface area contributed by atoms with Crippen LogP contribution in [0.3, 0.4) is 0 Å². The molecule has 0 saturated heterocycles. The molecule has 1 aliphatic heterocycles. The minimum absolute atomic E-state index is 0.890. The normalized spacial score (nSPS) is 15.8. The zero-order valence-electron chi connectivity index (χ0n) is 7.94. The number of pyridine rings is 1. The van der Waals surface area contributed by atoms with E-state index in [0.717, 1.165) is 28.1 Å². The zero-order valence-corrected chi connectivity index (χ0v) is 7.94. The number of fused-ring (bicyclic) bond motifs is 3. The van der Waals surface area contributed by atoms with Gasteiger partial charge < -0.3 is 0 Å². The van der Waals surface area contributed by atoms with Crippen molar-refractivity contribution in [2.24, 2.45) is 0 Å². The molecule has 3 rings (SSSR count). The van der Waals surface area contributed by atoms with Crippen LogP contribution >= 0.6 is 0 Å². The van der Waals surface area contributed by atoms with Crippen LogP contribution in [-0.2, 0) is 0 Å². The van der Waals surface area contributed by atoms with Crippen LogP contribution in [0.25, 0.3) is 5.57 Å². The molecule has 15 heavy (non-hydrogen) atoms. The SMILES string of the molecule is C#CC1=C2C=CC=[N+]=C2c2ncccc21. The summed E-state index contributed by atoms with van der Waals surface area (Å²) in [4.78, 5) is 4.32. The molecule has 2 heteroatoms. The highest BCUT2D eigenvalue weighted by Crippen LogP contribution is 2.31.